The Morgan fingerprint density at radius 2 is 1.79 bits per heavy atom. The van der Waals surface area contributed by atoms with Crippen LogP contribution in [0.15, 0.2) is 11.6 Å². The lowest BCUT2D eigenvalue weighted by Crippen LogP contribution is -2.51. The third-order valence-electron chi connectivity index (χ3n) is 12.0. The van der Waals surface area contributed by atoms with Crippen molar-refractivity contribution in [2.45, 2.75) is 138 Å². The van der Waals surface area contributed by atoms with Crippen LogP contribution in [0.1, 0.15) is 131 Å². The first-order valence-electron chi connectivity index (χ1n) is 16.6. The van der Waals surface area contributed by atoms with E-state index < -0.39 is 0 Å². The highest BCUT2D eigenvalue weighted by Gasteiger charge is 2.59. The van der Waals surface area contributed by atoms with Crippen LogP contribution in [0, 0.1) is 46.3 Å². The van der Waals surface area contributed by atoms with Gasteiger partial charge in [0.1, 0.15) is 5.78 Å². The molecule has 0 heterocycles. The van der Waals surface area contributed by atoms with Crippen molar-refractivity contribution >= 4 is 11.7 Å². The van der Waals surface area contributed by atoms with Crippen LogP contribution in [0.5, 0.6) is 0 Å². The van der Waals surface area contributed by atoms with Crippen molar-refractivity contribution in [1.82, 2.24) is 5.32 Å². The summed E-state index contributed by atoms with van der Waals surface area (Å²) in [4.78, 5) is 22.9. The Morgan fingerprint density at radius 3 is 2.54 bits per heavy atom. The van der Waals surface area contributed by atoms with Crippen LogP contribution in [-0.2, 0) is 14.3 Å². The fraction of sp³-hybridized carbons (Fsp3) is 0.886. The van der Waals surface area contributed by atoms with E-state index in [4.69, 9.17) is 4.74 Å². The highest BCUT2D eigenvalue weighted by molar-refractivity contribution is 5.83. The van der Waals surface area contributed by atoms with Crippen LogP contribution in [0.4, 0.5) is 0 Å². The molecule has 0 unspecified atom stereocenters. The van der Waals surface area contributed by atoms with Crippen LogP contribution >= 0.6 is 0 Å². The fourth-order valence-electron chi connectivity index (χ4n) is 9.72. The van der Waals surface area contributed by atoms with E-state index in [-0.39, 0.29) is 11.7 Å². The monoisotopic (exact) mass is 541 g/mol. The van der Waals surface area contributed by atoms with Crippen LogP contribution < -0.4 is 5.32 Å². The van der Waals surface area contributed by atoms with Crippen molar-refractivity contribution in [1.29, 1.82) is 0 Å². The number of allylic oxidation sites excluding steroid dienone is 1. The topological polar surface area (TPSA) is 55.4 Å². The summed E-state index contributed by atoms with van der Waals surface area (Å²) < 4.78 is 6.32. The number of nitrogens with one attached hydrogen (secondary N) is 1. The normalized spacial score (nSPS) is 36.5. The van der Waals surface area contributed by atoms with Gasteiger partial charge < -0.3 is 14.8 Å². The van der Waals surface area contributed by atoms with Gasteiger partial charge in [-0.25, -0.2) is 0 Å². The molecule has 0 spiro atoms. The molecule has 0 bridgehead atoms. The average Bonchev–Trinajstić information content (AvgIpc) is 3.24. The number of ketones is 1. The molecule has 0 aromatic rings. The van der Waals surface area contributed by atoms with E-state index in [2.05, 4.69) is 46.0 Å². The minimum absolute atomic E-state index is 0.0294. The third-order valence-corrected chi connectivity index (χ3v) is 12.0. The van der Waals surface area contributed by atoms with Crippen molar-refractivity contribution in [3.63, 3.8) is 0 Å². The summed E-state index contributed by atoms with van der Waals surface area (Å²) in [6.07, 6.45) is 19.3. The van der Waals surface area contributed by atoms with Gasteiger partial charge in [-0.2, -0.15) is 0 Å². The molecule has 1 amide bonds. The van der Waals surface area contributed by atoms with E-state index in [0.29, 0.717) is 42.9 Å². The number of carbonyl (C=O) groups is 2. The lowest BCUT2D eigenvalue weighted by atomic mass is 9.47. The summed E-state index contributed by atoms with van der Waals surface area (Å²) >= 11 is 0. The number of rotatable bonds is 13. The molecule has 4 aliphatic carbocycles. The molecule has 39 heavy (non-hydrogen) atoms. The maximum absolute atomic E-state index is 11.8. The first-order chi connectivity index (χ1) is 18.5. The maximum Gasteiger partial charge on any atom is 0.220 e. The predicted molar refractivity (Wildman–Crippen MR) is 160 cm³/mol. The first-order valence-corrected chi connectivity index (χ1v) is 16.6. The Hall–Kier alpha value is -1.16. The highest BCUT2D eigenvalue weighted by Crippen LogP contribution is 2.67. The third kappa shape index (κ3) is 7.02. The summed E-state index contributed by atoms with van der Waals surface area (Å²) in [7, 11) is 0. The number of hydrogen-bond acceptors (Lipinski definition) is 3. The predicted octanol–water partition coefficient (Wildman–Crippen LogP) is 8.29. The van der Waals surface area contributed by atoms with E-state index in [1.165, 1.54) is 71.1 Å². The summed E-state index contributed by atoms with van der Waals surface area (Å²) in [5, 5.41) is 2.92. The molecule has 3 fully saturated rings. The summed E-state index contributed by atoms with van der Waals surface area (Å²) in [6, 6.07) is 0. The second-order valence-corrected chi connectivity index (χ2v) is 14.9. The van der Waals surface area contributed by atoms with Crippen LogP contribution in [0.2, 0.25) is 0 Å². The lowest BCUT2D eigenvalue weighted by Gasteiger charge is -2.58. The molecule has 0 saturated heterocycles. The van der Waals surface area contributed by atoms with E-state index in [9.17, 15) is 9.59 Å². The fourth-order valence-corrected chi connectivity index (χ4v) is 9.72. The summed E-state index contributed by atoms with van der Waals surface area (Å²) in [5.74, 6) is 5.34. The maximum atomic E-state index is 11.8. The van der Waals surface area contributed by atoms with Crippen molar-refractivity contribution in [3.05, 3.63) is 11.6 Å². The van der Waals surface area contributed by atoms with Crippen LogP contribution in [-0.4, -0.2) is 30.9 Å². The molecule has 1 N–H and O–H groups in total. The van der Waals surface area contributed by atoms with Crippen LogP contribution in [0.3, 0.4) is 0 Å². The molecule has 0 aliphatic heterocycles. The molecule has 4 aliphatic rings. The number of hydrogen-bond donors (Lipinski definition) is 1. The highest BCUT2D eigenvalue weighted by atomic mass is 16.5. The Balaban J connectivity index is 1.27. The van der Waals surface area contributed by atoms with Gasteiger partial charge in [0.05, 0.1) is 6.10 Å². The largest absolute Gasteiger partial charge is 0.378 e. The number of Topliss-reactive ketones (excluding diaryl/α,β-unsaturated/α-hetero) is 1. The van der Waals surface area contributed by atoms with Gasteiger partial charge in [0.15, 0.2) is 0 Å². The molecule has 0 aromatic carbocycles. The zero-order valence-electron chi connectivity index (χ0n) is 26.2. The van der Waals surface area contributed by atoms with Gasteiger partial charge in [-0.1, -0.05) is 65.5 Å². The Morgan fingerprint density at radius 1 is 1.00 bits per heavy atom. The number of ether oxygens (including phenoxy) is 1. The van der Waals surface area contributed by atoms with Gasteiger partial charge >= 0.3 is 0 Å². The van der Waals surface area contributed by atoms with Gasteiger partial charge in [0.25, 0.3) is 0 Å². The molecule has 4 rings (SSSR count). The smallest absolute Gasteiger partial charge is 0.220 e. The molecule has 0 radical (unpaired) electrons. The zero-order valence-corrected chi connectivity index (χ0v) is 26.2. The van der Waals surface area contributed by atoms with E-state index in [0.717, 1.165) is 48.3 Å². The van der Waals surface area contributed by atoms with E-state index in [1.807, 2.05) is 0 Å². The molecule has 222 valence electrons. The van der Waals surface area contributed by atoms with Crippen molar-refractivity contribution in [3.8, 4) is 0 Å². The van der Waals surface area contributed by atoms with E-state index >= 15 is 0 Å². The second-order valence-electron chi connectivity index (χ2n) is 14.9. The minimum atomic E-state index is -0.0294. The summed E-state index contributed by atoms with van der Waals surface area (Å²) in [5.41, 5.74) is 2.62. The van der Waals surface area contributed by atoms with Crippen LogP contribution in [0.25, 0.3) is 0 Å². The van der Waals surface area contributed by atoms with Crippen molar-refractivity contribution < 1.29 is 14.3 Å². The van der Waals surface area contributed by atoms with E-state index in [1.54, 1.807) is 5.57 Å². The SMILES string of the molecule is CC(=O)CCC(=O)NCCCO[C@H]1CC[C@@]2(C)C(=CC[C@H]3[C@@H]4CC[C@H]([C@H](C)CCCC(C)C)[C@@]4(C)CC[C@@H]32)C1. The molecule has 8 atom stereocenters. The molecule has 3 saturated carbocycles. The molecular formula is C35H59NO3. The quantitative estimate of drug-likeness (QED) is 0.188. The summed E-state index contributed by atoms with van der Waals surface area (Å²) in [6.45, 7) is 15.5. The van der Waals surface area contributed by atoms with Gasteiger partial charge in [-0.05, 0) is 111 Å². The molecule has 0 aromatic heterocycles. The molecule has 4 heteroatoms. The average molecular weight is 542 g/mol. The van der Waals surface area contributed by atoms with Crippen molar-refractivity contribution in [2.75, 3.05) is 13.2 Å². The van der Waals surface area contributed by atoms with Gasteiger partial charge in [0.2, 0.25) is 5.91 Å². The Labute approximate surface area is 239 Å². The molecule has 4 nitrogen and oxygen atoms in total. The van der Waals surface area contributed by atoms with Crippen molar-refractivity contribution in [2.24, 2.45) is 46.3 Å². The first kappa shape index (κ1) is 30.8. The Kier molecular flexibility index (Phi) is 10.4. The molecular weight excluding hydrogens is 482 g/mol. The van der Waals surface area contributed by atoms with Gasteiger partial charge in [-0.3, -0.25) is 4.79 Å². The number of amides is 1. The lowest BCUT2D eigenvalue weighted by molar-refractivity contribution is -0.124. The Bertz CT molecular complexity index is 879. The number of carbonyl (C=O) groups excluding carboxylic acids is 2. The van der Waals surface area contributed by atoms with Gasteiger partial charge in [-0.15, -0.1) is 0 Å². The minimum Gasteiger partial charge on any atom is -0.378 e. The second kappa shape index (κ2) is 13.2. The number of fused-ring (bicyclic) bond motifs is 5. The standard InChI is InChI=1S/C35H59NO3/c1-24(2)9-7-10-25(3)30-14-15-31-29-13-12-27-23-28(39-22-8-21-36-33(38)16-11-26(4)37)17-19-34(27,5)32(29)18-20-35(30,31)6/h12,24-25,28-32H,7-11,13-23H2,1-6H3,(H,36,38)/t25-,28+,29+,30-,31+,32+,34+,35-/m1/s1. The zero-order chi connectivity index (χ0) is 28.2. The van der Waals surface area contributed by atoms with Gasteiger partial charge in [0, 0.05) is 26.0 Å².